The lowest BCUT2D eigenvalue weighted by molar-refractivity contribution is -0.140. The molecule has 0 aliphatic heterocycles. The van der Waals surface area contributed by atoms with Gasteiger partial charge in [-0.3, -0.25) is 4.79 Å². The predicted octanol–water partition coefficient (Wildman–Crippen LogP) is 5.51. The van der Waals surface area contributed by atoms with Crippen molar-refractivity contribution in [2.24, 2.45) is 16.7 Å². The van der Waals surface area contributed by atoms with Crippen LogP contribution in [-0.2, 0) is 10.2 Å². The Morgan fingerprint density at radius 3 is 2.09 bits per heavy atom. The first-order valence-electron chi connectivity index (χ1n) is 11.6. The van der Waals surface area contributed by atoms with Crippen molar-refractivity contribution in [1.29, 1.82) is 0 Å². The van der Waals surface area contributed by atoms with E-state index in [2.05, 4.69) is 81.4 Å². The molecule has 2 heteroatoms. The van der Waals surface area contributed by atoms with Crippen LogP contribution in [0.4, 0.5) is 0 Å². The molecule has 0 aromatic heterocycles. The molecule has 0 saturated heterocycles. The first kappa shape index (κ1) is 18.6. The number of carbonyl (C=O) groups is 1. The minimum atomic E-state index is -1.05. The standard InChI is InChI=1S/C30H26O2/c1-18-23(19-12-6-4-7-13-19)27(2)24-21-16-10-11-17-22(21)29(20-14-8-5-9-15-20)25(30(18,24)32)28(29,3)26(27)31/h4-17,24-25,32H,1-3H3/t24-,25+,27-,28+,29-,30-/m0/s1. The van der Waals surface area contributed by atoms with Crippen LogP contribution in [0.2, 0.25) is 0 Å². The molecule has 2 saturated carbocycles. The Labute approximate surface area is 188 Å². The quantitative estimate of drug-likeness (QED) is 0.596. The maximum atomic E-state index is 14.7. The number of allylic oxidation sites excluding steroid dienone is 1. The molecule has 7 rings (SSSR count). The van der Waals surface area contributed by atoms with Crippen molar-refractivity contribution in [3.63, 3.8) is 0 Å². The Morgan fingerprint density at radius 1 is 0.812 bits per heavy atom. The van der Waals surface area contributed by atoms with Crippen LogP contribution in [0, 0.1) is 16.7 Å². The van der Waals surface area contributed by atoms with E-state index in [4.69, 9.17) is 0 Å². The van der Waals surface area contributed by atoms with E-state index in [9.17, 15) is 9.90 Å². The first-order chi connectivity index (χ1) is 15.4. The van der Waals surface area contributed by atoms with Crippen LogP contribution >= 0.6 is 0 Å². The van der Waals surface area contributed by atoms with Crippen LogP contribution in [0.25, 0.3) is 5.57 Å². The highest BCUT2D eigenvalue weighted by Crippen LogP contribution is 2.90. The molecule has 4 aliphatic rings. The van der Waals surface area contributed by atoms with Crippen molar-refractivity contribution in [3.8, 4) is 0 Å². The number of rotatable bonds is 2. The molecule has 3 aromatic carbocycles. The second kappa shape index (κ2) is 5.32. The molecule has 0 amide bonds. The van der Waals surface area contributed by atoms with Crippen LogP contribution in [0.15, 0.2) is 90.5 Å². The van der Waals surface area contributed by atoms with Gasteiger partial charge in [-0.05, 0) is 47.2 Å². The van der Waals surface area contributed by atoms with Gasteiger partial charge in [0.1, 0.15) is 0 Å². The first-order valence-corrected chi connectivity index (χ1v) is 11.6. The van der Waals surface area contributed by atoms with Crippen LogP contribution in [0.5, 0.6) is 0 Å². The fraction of sp³-hybridized carbons (Fsp3) is 0.300. The van der Waals surface area contributed by atoms with Crippen LogP contribution in [0.1, 0.15) is 48.9 Å². The van der Waals surface area contributed by atoms with Gasteiger partial charge in [0.05, 0.1) is 11.0 Å². The van der Waals surface area contributed by atoms with Crippen molar-refractivity contribution < 1.29 is 9.90 Å². The summed E-state index contributed by atoms with van der Waals surface area (Å²) in [4.78, 5) is 14.7. The van der Waals surface area contributed by atoms with Gasteiger partial charge in [0.2, 0.25) is 0 Å². The van der Waals surface area contributed by atoms with Crippen molar-refractivity contribution in [1.82, 2.24) is 0 Å². The average Bonchev–Trinajstić information content (AvgIpc) is 3.39. The summed E-state index contributed by atoms with van der Waals surface area (Å²) in [5, 5.41) is 12.7. The number of carbonyl (C=O) groups excluding carboxylic acids is 1. The molecule has 0 radical (unpaired) electrons. The van der Waals surface area contributed by atoms with E-state index in [1.54, 1.807) is 0 Å². The van der Waals surface area contributed by atoms with Crippen molar-refractivity contribution in [2.45, 2.75) is 37.7 Å². The predicted molar refractivity (Wildman–Crippen MR) is 125 cm³/mol. The van der Waals surface area contributed by atoms with Gasteiger partial charge in [-0.15, -0.1) is 0 Å². The number of ketones is 1. The van der Waals surface area contributed by atoms with E-state index >= 15 is 0 Å². The molecule has 2 nitrogen and oxygen atoms in total. The maximum absolute atomic E-state index is 14.7. The minimum absolute atomic E-state index is 0.161. The van der Waals surface area contributed by atoms with E-state index in [0.29, 0.717) is 0 Å². The maximum Gasteiger partial charge on any atom is 0.151 e. The number of aliphatic hydroxyl groups is 1. The normalized spacial score (nSPS) is 40.3. The summed E-state index contributed by atoms with van der Waals surface area (Å²) < 4.78 is 0. The summed E-state index contributed by atoms with van der Waals surface area (Å²) in [5.41, 5.74) is 3.61. The lowest BCUT2D eigenvalue weighted by Gasteiger charge is -2.47. The zero-order chi connectivity index (χ0) is 22.1. The highest BCUT2D eigenvalue weighted by molar-refractivity contribution is 6.12. The number of Topliss-reactive ketones (excluding diaryl/α,β-unsaturated/α-hetero) is 1. The van der Waals surface area contributed by atoms with Crippen LogP contribution < -0.4 is 0 Å². The number of fused-ring (bicyclic) bond motifs is 3. The van der Waals surface area contributed by atoms with Gasteiger partial charge in [-0.1, -0.05) is 91.9 Å². The van der Waals surface area contributed by atoms with Gasteiger partial charge in [0.25, 0.3) is 0 Å². The Balaban J connectivity index is 1.64. The topological polar surface area (TPSA) is 37.3 Å². The van der Waals surface area contributed by atoms with Crippen LogP contribution in [-0.4, -0.2) is 16.5 Å². The molecule has 1 N–H and O–H groups in total. The van der Waals surface area contributed by atoms with Crippen molar-refractivity contribution in [2.75, 3.05) is 0 Å². The van der Waals surface area contributed by atoms with E-state index in [-0.39, 0.29) is 17.6 Å². The average molecular weight is 419 g/mol. The minimum Gasteiger partial charge on any atom is -0.384 e. The monoisotopic (exact) mass is 418 g/mol. The lowest BCUT2D eigenvalue weighted by Crippen LogP contribution is -2.53. The van der Waals surface area contributed by atoms with E-state index in [0.717, 1.165) is 27.8 Å². The summed E-state index contributed by atoms with van der Waals surface area (Å²) in [6, 6.07) is 29.1. The molecular formula is C30H26O2. The summed E-state index contributed by atoms with van der Waals surface area (Å²) >= 11 is 0. The molecule has 4 bridgehead atoms. The van der Waals surface area contributed by atoms with Crippen LogP contribution in [0.3, 0.4) is 0 Å². The van der Waals surface area contributed by atoms with Crippen molar-refractivity contribution in [3.05, 3.63) is 113 Å². The van der Waals surface area contributed by atoms with Gasteiger partial charge in [0.15, 0.2) is 5.78 Å². The molecule has 32 heavy (non-hydrogen) atoms. The fourth-order valence-electron chi connectivity index (χ4n) is 8.79. The number of hydrogen-bond donors (Lipinski definition) is 1. The Hall–Kier alpha value is -2.97. The zero-order valence-corrected chi connectivity index (χ0v) is 18.6. The molecule has 0 unspecified atom stereocenters. The number of benzene rings is 3. The number of hydrogen-bond acceptors (Lipinski definition) is 2. The molecule has 158 valence electrons. The molecule has 4 aliphatic carbocycles. The zero-order valence-electron chi connectivity index (χ0n) is 18.6. The summed E-state index contributed by atoms with van der Waals surface area (Å²) in [7, 11) is 0. The molecule has 0 spiro atoms. The second-order valence-corrected chi connectivity index (χ2v) is 10.6. The highest BCUT2D eigenvalue weighted by Gasteiger charge is 2.94. The fourth-order valence-corrected chi connectivity index (χ4v) is 8.79. The van der Waals surface area contributed by atoms with E-state index in [1.165, 1.54) is 5.56 Å². The highest BCUT2D eigenvalue weighted by atomic mass is 16.3. The van der Waals surface area contributed by atoms with Crippen molar-refractivity contribution >= 4 is 11.4 Å². The molecule has 2 fully saturated rings. The smallest absolute Gasteiger partial charge is 0.151 e. The van der Waals surface area contributed by atoms with Gasteiger partial charge in [0, 0.05) is 22.7 Å². The van der Waals surface area contributed by atoms with Gasteiger partial charge in [-0.2, -0.15) is 0 Å². The Kier molecular flexibility index (Phi) is 3.09. The second-order valence-electron chi connectivity index (χ2n) is 10.6. The largest absolute Gasteiger partial charge is 0.384 e. The van der Waals surface area contributed by atoms with Gasteiger partial charge in [-0.25, -0.2) is 0 Å². The molecule has 6 atom stereocenters. The van der Waals surface area contributed by atoms with Gasteiger partial charge < -0.3 is 5.11 Å². The van der Waals surface area contributed by atoms with E-state index < -0.39 is 21.8 Å². The van der Waals surface area contributed by atoms with E-state index in [1.807, 2.05) is 24.3 Å². The lowest BCUT2D eigenvalue weighted by atomic mass is 9.56. The Morgan fingerprint density at radius 2 is 1.41 bits per heavy atom. The molecular weight excluding hydrogens is 392 g/mol. The molecule has 0 heterocycles. The third-order valence-corrected chi connectivity index (χ3v) is 9.63. The SMILES string of the molecule is CC1=C(c2ccccc2)[C@]2(C)C(=O)[C@@]3(C)[C@H]4[C@@]1(O)[C@H]2c1ccccc1[C@@]43c1ccccc1. The summed E-state index contributed by atoms with van der Waals surface area (Å²) in [5.74, 6) is -0.140. The third kappa shape index (κ3) is 1.54. The summed E-state index contributed by atoms with van der Waals surface area (Å²) in [6.45, 7) is 6.29. The van der Waals surface area contributed by atoms with Gasteiger partial charge >= 0.3 is 0 Å². The third-order valence-electron chi connectivity index (χ3n) is 9.63. The molecule has 3 aromatic rings. The summed E-state index contributed by atoms with van der Waals surface area (Å²) in [6.07, 6.45) is 0. The Bertz CT molecular complexity index is 1360.